The average molecular weight is 240 g/mol. The summed E-state index contributed by atoms with van der Waals surface area (Å²) < 4.78 is 0. The van der Waals surface area contributed by atoms with Gasteiger partial charge >= 0.3 is 5.69 Å². The number of amides is 1. The van der Waals surface area contributed by atoms with Crippen molar-refractivity contribution in [1.82, 2.24) is 15.3 Å². The van der Waals surface area contributed by atoms with Gasteiger partial charge < -0.3 is 21.0 Å². The molecule has 6 heteroatoms. The number of H-pyrrole nitrogens is 2. The highest BCUT2D eigenvalue weighted by Crippen LogP contribution is 2.15. The predicted molar refractivity (Wildman–Crippen MR) is 65.8 cm³/mol. The maximum Gasteiger partial charge on any atom is 0.323 e. The Morgan fingerprint density at radius 2 is 2.24 bits per heavy atom. The van der Waals surface area contributed by atoms with E-state index in [1.807, 2.05) is 6.92 Å². The van der Waals surface area contributed by atoms with Gasteiger partial charge in [0.25, 0.3) is 5.91 Å². The van der Waals surface area contributed by atoms with Crippen molar-refractivity contribution in [2.75, 3.05) is 6.54 Å². The topological polar surface area (TPSA) is 104 Å². The van der Waals surface area contributed by atoms with Gasteiger partial charge in [-0.1, -0.05) is 13.8 Å². The van der Waals surface area contributed by atoms with Crippen molar-refractivity contribution in [3.63, 3.8) is 0 Å². The molecule has 0 spiro atoms. The molecule has 1 rings (SSSR count). The molecule has 0 radical (unpaired) electrons. The summed E-state index contributed by atoms with van der Waals surface area (Å²) in [4.78, 5) is 27.6. The summed E-state index contributed by atoms with van der Waals surface area (Å²) in [5.41, 5.74) is 5.06. The standard InChI is InChI=1S/C11H20N4O2/c1-7(2)4-11(3,6-12)15-9(16)8-5-13-10(17)14-8/h5,7H,4,6,12H2,1-3H3,(H,15,16)(H2,13,14,17). The van der Waals surface area contributed by atoms with E-state index in [4.69, 9.17) is 5.73 Å². The number of aromatic nitrogens is 2. The molecule has 1 heterocycles. The third-order valence-electron chi connectivity index (χ3n) is 2.57. The number of nitrogens with two attached hydrogens (primary N) is 1. The summed E-state index contributed by atoms with van der Waals surface area (Å²) in [6.07, 6.45) is 2.13. The molecule has 0 saturated carbocycles. The van der Waals surface area contributed by atoms with Crippen LogP contribution < -0.4 is 16.7 Å². The lowest BCUT2D eigenvalue weighted by Gasteiger charge is -2.30. The Balaban J connectivity index is 2.75. The number of hydrogen-bond donors (Lipinski definition) is 4. The van der Waals surface area contributed by atoms with E-state index in [-0.39, 0.29) is 11.6 Å². The first-order valence-electron chi connectivity index (χ1n) is 5.66. The molecule has 0 aliphatic carbocycles. The van der Waals surface area contributed by atoms with Crippen LogP contribution in [0.1, 0.15) is 37.7 Å². The van der Waals surface area contributed by atoms with E-state index < -0.39 is 11.2 Å². The molecule has 0 saturated heterocycles. The fourth-order valence-electron chi connectivity index (χ4n) is 1.88. The highest BCUT2D eigenvalue weighted by atomic mass is 16.2. The smallest absolute Gasteiger partial charge is 0.323 e. The fourth-order valence-corrected chi connectivity index (χ4v) is 1.88. The van der Waals surface area contributed by atoms with Crippen LogP contribution in [-0.4, -0.2) is 28.0 Å². The first kappa shape index (κ1) is 13.5. The molecule has 0 bridgehead atoms. The first-order valence-corrected chi connectivity index (χ1v) is 5.66. The number of hydrogen-bond acceptors (Lipinski definition) is 3. The zero-order valence-corrected chi connectivity index (χ0v) is 10.5. The van der Waals surface area contributed by atoms with E-state index in [0.717, 1.165) is 6.42 Å². The molecule has 0 aromatic carbocycles. The summed E-state index contributed by atoms with van der Waals surface area (Å²) in [5.74, 6) is 0.103. The van der Waals surface area contributed by atoms with Gasteiger partial charge in [-0.15, -0.1) is 0 Å². The summed E-state index contributed by atoms with van der Waals surface area (Å²) >= 11 is 0. The van der Waals surface area contributed by atoms with Crippen molar-refractivity contribution in [3.8, 4) is 0 Å². The van der Waals surface area contributed by atoms with Crippen LogP contribution in [0.2, 0.25) is 0 Å². The van der Waals surface area contributed by atoms with E-state index in [2.05, 4.69) is 29.1 Å². The molecule has 1 aromatic rings. The predicted octanol–water partition coefficient (Wildman–Crippen LogP) is 0.196. The number of carbonyl (C=O) groups excluding carboxylic acids is 1. The normalized spacial score (nSPS) is 14.6. The van der Waals surface area contributed by atoms with E-state index in [1.165, 1.54) is 6.20 Å². The zero-order chi connectivity index (χ0) is 13.1. The van der Waals surface area contributed by atoms with Crippen molar-refractivity contribution >= 4 is 5.91 Å². The van der Waals surface area contributed by atoms with Gasteiger partial charge in [-0.2, -0.15) is 0 Å². The number of carbonyl (C=O) groups is 1. The van der Waals surface area contributed by atoms with Crippen LogP contribution in [0.25, 0.3) is 0 Å². The number of nitrogens with one attached hydrogen (secondary N) is 3. The monoisotopic (exact) mass is 240 g/mol. The highest BCUT2D eigenvalue weighted by molar-refractivity contribution is 5.92. The highest BCUT2D eigenvalue weighted by Gasteiger charge is 2.26. The van der Waals surface area contributed by atoms with Crippen LogP contribution in [0, 0.1) is 5.92 Å². The molecule has 1 aromatic heterocycles. The summed E-state index contributed by atoms with van der Waals surface area (Å²) in [6, 6.07) is 0. The van der Waals surface area contributed by atoms with E-state index in [0.29, 0.717) is 12.5 Å². The van der Waals surface area contributed by atoms with Crippen LogP contribution in [-0.2, 0) is 0 Å². The second-order valence-electron chi connectivity index (χ2n) is 4.97. The minimum Gasteiger partial charge on any atom is -0.344 e. The Kier molecular flexibility index (Phi) is 4.11. The van der Waals surface area contributed by atoms with E-state index in [9.17, 15) is 9.59 Å². The molecule has 96 valence electrons. The Morgan fingerprint density at radius 1 is 1.59 bits per heavy atom. The minimum atomic E-state index is -0.459. The Morgan fingerprint density at radius 3 is 2.65 bits per heavy atom. The van der Waals surface area contributed by atoms with Gasteiger partial charge in [0.1, 0.15) is 5.69 Å². The molecule has 0 aliphatic rings. The van der Waals surface area contributed by atoms with Crippen LogP contribution in [0.15, 0.2) is 11.0 Å². The lowest BCUT2D eigenvalue weighted by atomic mass is 9.90. The second kappa shape index (κ2) is 5.18. The summed E-state index contributed by atoms with van der Waals surface area (Å²) in [5, 5.41) is 2.85. The molecular formula is C11H20N4O2. The van der Waals surface area contributed by atoms with Gasteiger partial charge in [0.05, 0.1) is 5.54 Å². The Labute approximate surface area is 100.0 Å². The maximum absolute atomic E-state index is 11.9. The van der Waals surface area contributed by atoms with Crippen LogP contribution in [0.3, 0.4) is 0 Å². The molecule has 1 atom stereocenters. The average Bonchev–Trinajstić information content (AvgIpc) is 2.63. The van der Waals surface area contributed by atoms with Gasteiger partial charge in [-0.05, 0) is 19.3 Å². The second-order valence-corrected chi connectivity index (χ2v) is 4.97. The van der Waals surface area contributed by atoms with Gasteiger partial charge in [0.2, 0.25) is 0 Å². The van der Waals surface area contributed by atoms with Crippen LogP contribution in [0.4, 0.5) is 0 Å². The van der Waals surface area contributed by atoms with Crippen molar-refractivity contribution in [2.24, 2.45) is 11.7 Å². The molecule has 0 fully saturated rings. The van der Waals surface area contributed by atoms with Gasteiger partial charge in [-0.3, -0.25) is 4.79 Å². The molecule has 17 heavy (non-hydrogen) atoms. The fraction of sp³-hybridized carbons (Fsp3) is 0.636. The largest absolute Gasteiger partial charge is 0.344 e. The van der Waals surface area contributed by atoms with Crippen LogP contribution in [0.5, 0.6) is 0 Å². The van der Waals surface area contributed by atoms with Crippen molar-refractivity contribution in [3.05, 3.63) is 22.4 Å². The van der Waals surface area contributed by atoms with Crippen LogP contribution >= 0.6 is 0 Å². The van der Waals surface area contributed by atoms with E-state index in [1.54, 1.807) is 0 Å². The quantitative estimate of drug-likeness (QED) is 0.591. The molecular weight excluding hydrogens is 220 g/mol. The lowest BCUT2D eigenvalue weighted by molar-refractivity contribution is 0.0893. The lowest BCUT2D eigenvalue weighted by Crippen LogP contribution is -2.52. The number of rotatable bonds is 5. The van der Waals surface area contributed by atoms with Crippen molar-refractivity contribution in [1.29, 1.82) is 0 Å². The Bertz CT molecular complexity index is 435. The maximum atomic E-state index is 11.9. The third-order valence-corrected chi connectivity index (χ3v) is 2.57. The molecule has 5 N–H and O–H groups in total. The third kappa shape index (κ3) is 3.74. The minimum absolute atomic E-state index is 0.221. The number of imidazole rings is 1. The van der Waals surface area contributed by atoms with Gasteiger partial charge in [0, 0.05) is 12.7 Å². The molecule has 0 aliphatic heterocycles. The van der Waals surface area contributed by atoms with Crippen molar-refractivity contribution < 1.29 is 4.79 Å². The summed E-state index contributed by atoms with van der Waals surface area (Å²) in [7, 11) is 0. The molecule has 1 unspecified atom stereocenters. The summed E-state index contributed by atoms with van der Waals surface area (Å²) in [6.45, 7) is 6.39. The molecule has 1 amide bonds. The zero-order valence-electron chi connectivity index (χ0n) is 10.5. The van der Waals surface area contributed by atoms with Gasteiger partial charge in [-0.25, -0.2) is 4.79 Å². The SMILES string of the molecule is CC(C)CC(C)(CN)NC(=O)c1c[nH]c(=O)[nH]1. The van der Waals surface area contributed by atoms with E-state index >= 15 is 0 Å². The first-order chi connectivity index (χ1) is 7.86. The Hall–Kier alpha value is -1.56. The molecule has 6 nitrogen and oxygen atoms in total. The van der Waals surface area contributed by atoms with Crippen molar-refractivity contribution in [2.45, 2.75) is 32.7 Å². The van der Waals surface area contributed by atoms with Gasteiger partial charge in [0.15, 0.2) is 0 Å². The number of aromatic amines is 2.